The van der Waals surface area contributed by atoms with Crippen molar-refractivity contribution in [2.24, 2.45) is 7.05 Å². The molecular weight excluding hydrogens is 439 g/mol. The number of para-hydroxylation sites is 1. The van der Waals surface area contributed by atoms with Gasteiger partial charge in [-0.25, -0.2) is 4.39 Å². The van der Waals surface area contributed by atoms with Gasteiger partial charge in [0.1, 0.15) is 11.5 Å². The Balaban J connectivity index is 1.58. The van der Waals surface area contributed by atoms with Gasteiger partial charge < -0.3 is 5.32 Å². The van der Waals surface area contributed by atoms with E-state index in [1.165, 1.54) is 30.0 Å². The van der Waals surface area contributed by atoms with E-state index in [0.29, 0.717) is 22.4 Å². The Labute approximate surface area is 187 Å². The minimum atomic E-state index is -0.540. The number of halogens is 2. The molecule has 2 aromatic heterocycles. The highest BCUT2D eigenvalue weighted by Crippen LogP contribution is 2.28. The molecule has 1 amide bonds. The third-order valence-electron chi connectivity index (χ3n) is 4.53. The third kappa shape index (κ3) is 4.62. The minimum absolute atomic E-state index is 0.0513. The van der Waals surface area contributed by atoms with E-state index in [4.69, 9.17) is 11.6 Å². The lowest BCUT2D eigenvalue weighted by molar-refractivity contribution is -0.113. The maximum atomic E-state index is 13.3. The quantitative estimate of drug-likeness (QED) is 0.432. The van der Waals surface area contributed by atoms with Crippen LogP contribution in [0.4, 0.5) is 10.1 Å². The van der Waals surface area contributed by atoms with E-state index in [9.17, 15) is 9.18 Å². The molecule has 0 bridgehead atoms. The lowest BCUT2D eigenvalue weighted by Gasteiger charge is -2.09. The number of hydrogen-bond donors (Lipinski definition) is 1. The van der Waals surface area contributed by atoms with Gasteiger partial charge in [-0.2, -0.15) is 5.10 Å². The Hall–Kier alpha value is -3.17. The summed E-state index contributed by atoms with van der Waals surface area (Å²) >= 11 is 7.01. The third-order valence-corrected chi connectivity index (χ3v) is 5.74. The number of carbonyl (C=O) groups is 1. The van der Waals surface area contributed by atoms with Crippen molar-refractivity contribution in [2.75, 3.05) is 11.1 Å². The predicted octanol–water partition coefficient (Wildman–Crippen LogP) is 4.50. The average Bonchev–Trinajstić information content (AvgIpc) is 3.33. The van der Waals surface area contributed by atoms with Gasteiger partial charge in [0.25, 0.3) is 0 Å². The first-order valence-corrected chi connectivity index (χ1v) is 10.7. The van der Waals surface area contributed by atoms with E-state index in [0.717, 1.165) is 11.4 Å². The fraction of sp³-hybridized carbons (Fsp3) is 0.143. The Bertz CT molecular complexity index is 1220. The summed E-state index contributed by atoms with van der Waals surface area (Å²) < 4.78 is 16.9. The number of benzene rings is 2. The van der Waals surface area contributed by atoms with Crippen molar-refractivity contribution >= 4 is 35.0 Å². The molecule has 4 aromatic rings. The van der Waals surface area contributed by atoms with Crippen LogP contribution in [-0.4, -0.2) is 36.2 Å². The molecule has 0 atom stereocenters. The van der Waals surface area contributed by atoms with Crippen LogP contribution in [0, 0.1) is 12.7 Å². The number of anilines is 1. The Kier molecular flexibility index (Phi) is 6.06. The monoisotopic (exact) mass is 456 g/mol. The van der Waals surface area contributed by atoms with E-state index >= 15 is 0 Å². The molecule has 158 valence electrons. The Morgan fingerprint density at radius 3 is 2.61 bits per heavy atom. The lowest BCUT2D eigenvalue weighted by Crippen LogP contribution is -2.14. The first kappa shape index (κ1) is 21.1. The number of carbonyl (C=O) groups excluding carboxylic acids is 1. The molecule has 0 fully saturated rings. The molecule has 0 saturated heterocycles. The van der Waals surface area contributed by atoms with E-state index in [2.05, 4.69) is 20.6 Å². The normalized spacial score (nSPS) is 11.0. The molecule has 0 unspecified atom stereocenters. The van der Waals surface area contributed by atoms with Crippen molar-refractivity contribution in [1.82, 2.24) is 24.5 Å². The lowest BCUT2D eigenvalue weighted by atomic mass is 10.3. The molecule has 0 saturated carbocycles. The SMILES string of the molecule is Cc1cc(-c2nnc(SCC(=O)Nc3ccc(F)c(Cl)c3)n2-c2ccccc2)nn1C. The van der Waals surface area contributed by atoms with Crippen LogP contribution >= 0.6 is 23.4 Å². The van der Waals surface area contributed by atoms with Crippen LogP contribution < -0.4 is 5.32 Å². The summed E-state index contributed by atoms with van der Waals surface area (Å²) in [6, 6.07) is 15.6. The number of rotatable bonds is 6. The summed E-state index contributed by atoms with van der Waals surface area (Å²) in [4.78, 5) is 12.4. The summed E-state index contributed by atoms with van der Waals surface area (Å²) in [5.74, 6) is -0.141. The highest BCUT2D eigenvalue weighted by Gasteiger charge is 2.19. The van der Waals surface area contributed by atoms with Gasteiger partial charge in [0.05, 0.1) is 10.8 Å². The number of aromatic nitrogens is 5. The second-order valence-electron chi connectivity index (χ2n) is 6.74. The topological polar surface area (TPSA) is 77.6 Å². The minimum Gasteiger partial charge on any atom is -0.325 e. The highest BCUT2D eigenvalue weighted by molar-refractivity contribution is 7.99. The second-order valence-corrected chi connectivity index (χ2v) is 8.09. The molecule has 31 heavy (non-hydrogen) atoms. The highest BCUT2D eigenvalue weighted by atomic mass is 35.5. The molecule has 4 rings (SSSR count). The molecular formula is C21H18ClFN6OS. The van der Waals surface area contributed by atoms with Crippen molar-refractivity contribution < 1.29 is 9.18 Å². The molecule has 7 nitrogen and oxygen atoms in total. The van der Waals surface area contributed by atoms with E-state index in [-0.39, 0.29) is 16.7 Å². The van der Waals surface area contributed by atoms with Crippen molar-refractivity contribution in [3.63, 3.8) is 0 Å². The molecule has 1 N–H and O–H groups in total. The molecule has 0 aliphatic carbocycles. The summed E-state index contributed by atoms with van der Waals surface area (Å²) in [7, 11) is 1.86. The van der Waals surface area contributed by atoms with Crippen LogP contribution in [0.5, 0.6) is 0 Å². The maximum Gasteiger partial charge on any atom is 0.234 e. The fourth-order valence-corrected chi connectivity index (χ4v) is 3.84. The largest absolute Gasteiger partial charge is 0.325 e. The molecule has 0 aliphatic rings. The number of nitrogens with one attached hydrogen (secondary N) is 1. The molecule has 2 heterocycles. The smallest absolute Gasteiger partial charge is 0.234 e. The van der Waals surface area contributed by atoms with Crippen LogP contribution in [-0.2, 0) is 11.8 Å². The maximum absolute atomic E-state index is 13.3. The Morgan fingerprint density at radius 2 is 1.94 bits per heavy atom. The van der Waals surface area contributed by atoms with Crippen LogP contribution in [0.25, 0.3) is 17.2 Å². The summed E-state index contributed by atoms with van der Waals surface area (Å²) in [6.45, 7) is 1.96. The van der Waals surface area contributed by atoms with Gasteiger partial charge in [0, 0.05) is 24.1 Å². The standard InChI is InChI=1S/C21H18ClFN6OS/c1-13-10-18(27-28(13)2)20-25-26-21(29(20)15-6-4-3-5-7-15)31-12-19(30)24-14-8-9-17(23)16(22)11-14/h3-11H,12H2,1-2H3,(H,24,30). The average molecular weight is 457 g/mol. The van der Waals surface area contributed by atoms with Crippen molar-refractivity contribution in [3.8, 4) is 17.2 Å². The molecule has 0 aliphatic heterocycles. The van der Waals surface area contributed by atoms with Gasteiger partial charge in [0.15, 0.2) is 11.0 Å². The molecule has 10 heteroatoms. The zero-order valence-corrected chi connectivity index (χ0v) is 18.3. The molecule has 2 aromatic carbocycles. The number of nitrogens with zero attached hydrogens (tertiary/aromatic N) is 5. The zero-order chi connectivity index (χ0) is 22.0. The first-order valence-electron chi connectivity index (χ1n) is 9.32. The number of aryl methyl sites for hydroxylation is 2. The summed E-state index contributed by atoms with van der Waals surface area (Å²) in [5.41, 5.74) is 2.96. The summed E-state index contributed by atoms with van der Waals surface area (Å²) in [6.07, 6.45) is 0. The van der Waals surface area contributed by atoms with E-state index < -0.39 is 5.82 Å². The van der Waals surface area contributed by atoms with E-state index in [1.54, 1.807) is 4.68 Å². The number of amides is 1. The van der Waals surface area contributed by atoms with Crippen molar-refractivity contribution in [1.29, 1.82) is 0 Å². The van der Waals surface area contributed by atoms with Gasteiger partial charge in [-0.05, 0) is 43.3 Å². The number of hydrogen-bond acceptors (Lipinski definition) is 5. The van der Waals surface area contributed by atoms with E-state index in [1.807, 2.05) is 54.9 Å². The van der Waals surface area contributed by atoms with Crippen LogP contribution in [0.15, 0.2) is 59.8 Å². The van der Waals surface area contributed by atoms with Gasteiger partial charge in [-0.1, -0.05) is 41.6 Å². The van der Waals surface area contributed by atoms with Gasteiger partial charge in [-0.15, -0.1) is 10.2 Å². The van der Waals surface area contributed by atoms with Crippen LogP contribution in [0.3, 0.4) is 0 Å². The number of thioether (sulfide) groups is 1. The van der Waals surface area contributed by atoms with Crippen LogP contribution in [0.1, 0.15) is 5.69 Å². The van der Waals surface area contributed by atoms with Gasteiger partial charge >= 0.3 is 0 Å². The molecule has 0 spiro atoms. The Morgan fingerprint density at radius 1 is 1.16 bits per heavy atom. The summed E-state index contributed by atoms with van der Waals surface area (Å²) in [5, 5.41) is 16.3. The van der Waals surface area contributed by atoms with Crippen LogP contribution in [0.2, 0.25) is 5.02 Å². The van der Waals surface area contributed by atoms with Gasteiger partial charge in [0.2, 0.25) is 5.91 Å². The molecule has 0 radical (unpaired) electrons. The van der Waals surface area contributed by atoms with Crippen molar-refractivity contribution in [3.05, 3.63) is 71.1 Å². The second kappa shape index (κ2) is 8.91. The van der Waals surface area contributed by atoms with Gasteiger partial charge in [-0.3, -0.25) is 14.0 Å². The van der Waals surface area contributed by atoms with Crippen molar-refractivity contribution in [2.45, 2.75) is 12.1 Å². The predicted molar refractivity (Wildman–Crippen MR) is 119 cm³/mol. The fourth-order valence-electron chi connectivity index (χ4n) is 2.91. The zero-order valence-electron chi connectivity index (χ0n) is 16.7. The first-order chi connectivity index (χ1) is 14.9.